The highest BCUT2D eigenvalue weighted by atomic mass is 32.1. The summed E-state index contributed by atoms with van der Waals surface area (Å²) in [5, 5.41) is 15.7. The lowest BCUT2D eigenvalue weighted by atomic mass is 9.98. The second kappa shape index (κ2) is 7.29. The van der Waals surface area contributed by atoms with E-state index in [1.54, 1.807) is 18.2 Å². The van der Waals surface area contributed by atoms with Crippen LogP contribution >= 0.6 is 11.3 Å². The van der Waals surface area contributed by atoms with Gasteiger partial charge in [0, 0.05) is 11.0 Å². The van der Waals surface area contributed by atoms with Crippen LogP contribution in [0.5, 0.6) is 0 Å². The van der Waals surface area contributed by atoms with Gasteiger partial charge in [0.2, 0.25) is 5.91 Å². The third kappa shape index (κ3) is 3.64. The fraction of sp³-hybridized carbons (Fsp3) is 0.105. The van der Waals surface area contributed by atoms with Crippen molar-refractivity contribution >= 4 is 23.3 Å². The fourth-order valence-corrected chi connectivity index (χ4v) is 3.16. The standard InChI is InChI=1S/C19H17NO3S/c21-18(11-10-15-6-2-1-3-7-15)20-14-19(22,16-8-4-12-23-16)17-9-5-13-24-17/h1-13,22H,14H2,(H,20,21)/b11-10+/t19-/m0/s1. The maximum atomic E-state index is 12.1. The summed E-state index contributed by atoms with van der Waals surface area (Å²) < 4.78 is 5.37. The molecule has 0 aliphatic carbocycles. The molecule has 0 bridgehead atoms. The predicted octanol–water partition coefficient (Wildman–Crippen LogP) is 3.41. The quantitative estimate of drug-likeness (QED) is 0.677. The van der Waals surface area contributed by atoms with Crippen LogP contribution in [-0.2, 0) is 10.4 Å². The molecule has 0 saturated carbocycles. The third-order valence-electron chi connectivity index (χ3n) is 3.60. The monoisotopic (exact) mass is 339 g/mol. The summed E-state index contributed by atoms with van der Waals surface area (Å²) in [5.41, 5.74) is -0.444. The lowest BCUT2D eigenvalue weighted by Crippen LogP contribution is -2.40. The topological polar surface area (TPSA) is 62.5 Å². The average Bonchev–Trinajstić information content (AvgIpc) is 3.32. The summed E-state index contributed by atoms with van der Waals surface area (Å²) in [7, 11) is 0. The number of carbonyl (C=O) groups excluding carboxylic acids is 1. The smallest absolute Gasteiger partial charge is 0.244 e. The van der Waals surface area contributed by atoms with Gasteiger partial charge < -0.3 is 14.8 Å². The van der Waals surface area contributed by atoms with Gasteiger partial charge in [-0.05, 0) is 35.2 Å². The Morgan fingerprint density at radius 3 is 2.67 bits per heavy atom. The molecule has 0 aliphatic heterocycles. The Labute approximate surface area is 144 Å². The number of thiophene rings is 1. The van der Waals surface area contributed by atoms with Gasteiger partial charge in [0.25, 0.3) is 0 Å². The molecule has 0 saturated heterocycles. The first-order chi connectivity index (χ1) is 11.7. The summed E-state index contributed by atoms with van der Waals surface area (Å²) in [5.74, 6) is 0.123. The van der Waals surface area contributed by atoms with Crippen LogP contribution in [0.15, 0.2) is 76.7 Å². The van der Waals surface area contributed by atoms with E-state index in [0.717, 1.165) is 5.56 Å². The van der Waals surface area contributed by atoms with Crippen molar-refractivity contribution in [2.24, 2.45) is 0 Å². The molecule has 3 rings (SSSR count). The van der Waals surface area contributed by atoms with Gasteiger partial charge >= 0.3 is 0 Å². The zero-order valence-electron chi connectivity index (χ0n) is 12.9. The molecule has 1 amide bonds. The predicted molar refractivity (Wildman–Crippen MR) is 94.5 cm³/mol. The van der Waals surface area contributed by atoms with Crippen LogP contribution in [0.3, 0.4) is 0 Å². The summed E-state index contributed by atoms with van der Waals surface area (Å²) in [4.78, 5) is 12.8. The van der Waals surface area contributed by atoms with E-state index in [2.05, 4.69) is 5.32 Å². The highest BCUT2D eigenvalue weighted by Gasteiger charge is 2.35. The second-order valence-electron chi connectivity index (χ2n) is 5.28. The Balaban J connectivity index is 1.71. The molecule has 0 radical (unpaired) electrons. The summed E-state index contributed by atoms with van der Waals surface area (Å²) >= 11 is 1.41. The van der Waals surface area contributed by atoms with Gasteiger partial charge in [-0.15, -0.1) is 11.3 Å². The molecule has 0 fully saturated rings. The van der Waals surface area contributed by atoms with Crippen LogP contribution in [0, 0.1) is 0 Å². The molecule has 0 aliphatic rings. The van der Waals surface area contributed by atoms with Crippen LogP contribution in [0.2, 0.25) is 0 Å². The highest BCUT2D eigenvalue weighted by molar-refractivity contribution is 7.10. The van der Waals surface area contributed by atoms with Crippen LogP contribution < -0.4 is 5.32 Å². The molecular formula is C19H17NO3S. The molecule has 0 unspecified atom stereocenters. The molecule has 5 heteroatoms. The number of nitrogens with one attached hydrogen (secondary N) is 1. The van der Waals surface area contributed by atoms with Crippen molar-refractivity contribution < 1.29 is 14.3 Å². The number of amides is 1. The molecule has 2 aromatic heterocycles. The Morgan fingerprint density at radius 2 is 2.00 bits per heavy atom. The normalized spacial score (nSPS) is 13.7. The van der Waals surface area contributed by atoms with Crippen molar-refractivity contribution in [3.63, 3.8) is 0 Å². The van der Waals surface area contributed by atoms with Crippen LogP contribution in [0.4, 0.5) is 0 Å². The van der Waals surface area contributed by atoms with Crippen LogP contribution in [-0.4, -0.2) is 17.6 Å². The van der Waals surface area contributed by atoms with E-state index in [9.17, 15) is 9.90 Å². The summed E-state index contributed by atoms with van der Waals surface area (Å²) in [6.07, 6.45) is 4.68. The summed E-state index contributed by atoms with van der Waals surface area (Å²) in [6, 6.07) is 16.6. The molecule has 3 aromatic rings. The van der Waals surface area contributed by atoms with Crippen molar-refractivity contribution in [1.82, 2.24) is 5.32 Å². The van der Waals surface area contributed by atoms with E-state index in [0.29, 0.717) is 10.6 Å². The number of benzene rings is 1. The number of rotatable bonds is 6. The maximum absolute atomic E-state index is 12.1. The molecule has 0 spiro atoms. The number of hydrogen-bond donors (Lipinski definition) is 2. The minimum Gasteiger partial charge on any atom is -0.466 e. The first-order valence-electron chi connectivity index (χ1n) is 7.50. The Morgan fingerprint density at radius 1 is 1.17 bits per heavy atom. The minimum absolute atomic E-state index is 0.0268. The van der Waals surface area contributed by atoms with E-state index < -0.39 is 5.60 Å². The van der Waals surface area contributed by atoms with Gasteiger partial charge in [-0.3, -0.25) is 4.79 Å². The van der Waals surface area contributed by atoms with Gasteiger partial charge in [-0.2, -0.15) is 0 Å². The molecule has 2 heterocycles. The largest absolute Gasteiger partial charge is 0.466 e. The number of hydrogen-bond acceptors (Lipinski definition) is 4. The zero-order chi connectivity index (χ0) is 16.8. The minimum atomic E-state index is -1.38. The van der Waals surface area contributed by atoms with Crippen molar-refractivity contribution in [1.29, 1.82) is 0 Å². The average molecular weight is 339 g/mol. The van der Waals surface area contributed by atoms with E-state index >= 15 is 0 Å². The first kappa shape index (κ1) is 16.2. The molecular weight excluding hydrogens is 322 g/mol. The fourth-order valence-electron chi connectivity index (χ4n) is 2.33. The van der Waals surface area contributed by atoms with Crippen molar-refractivity contribution in [3.8, 4) is 0 Å². The van der Waals surface area contributed by atoms with E-state index in [1.165, 1.54) is 23.7 Å². The van der Waals surface area contributed by atoms with Gasteiger partial charge in [0.1, 0.15) is 5.76 Å². The van der Waals surface area contributed by atoms with E-state index in [-0.39, 0.29) is 12.5 Å². The van der Waals surface area contributed by atoms with Crippen molar-refractivity contribution in [3.05, 3.63) is 88.5 Å². The molecule has 24 heavy (non-hydrogen) atoms. The Bertz CT molecular complexity index is 758. The van der Waals surface area contributed by atoms with E-state index in [1.807, 2.05) is 47.8 Å². The van der Waals surface area contributed by atoms with Crippen molar-refractivity contribution in [2.45, 2.75) is 5.60 Å². The van der Waals surface area contributed by atoms with Gasteiger partial charge in [0.15, 0.2) is 5.60 Å². The molecule has 2 N–H and O–H groups in total. The Kier molecular flexibility index (Phi) is 4.93. The molecule has 4 nitrogen and oxygen atoms in total. The summed E-state index contributed by atoms with van der Waals surface area (Å²) in [6.45, 7) is 0.0268. The highest BCUT2D eigenvalue weighted by Crippen LogP contribution is 2.32. The zero-order valence-corrected chi connectivity index (χ0v) is 13.7. The van der Waals surface area contributed by atoms with Gasteiger partial charge in [0.05, 0.1) is 12.8 Å². The van der Waals surface area contributed by atoms with Gasteiger partial charge in [-0.1, -0.05) is 36.4 Å². The van der Waals surface area contributed by atoms with Crippen LogP contribution in [0.25, 0.3) is 6.08 Å². The second-order valence-corrected chi connectivity index (χ2v) is 6.22. The SMILES string of the molecule is O=C(/C=C/c1ccccc1)NC[C@](O)(c1ccco1)c1cccs1. The lowest BCUT2D eigenvalue weighted by molar-refractivity contribution is -0.117. The number of furan rings is 1. The van der Waals surface area contributed by atoms with Crippen LogP contribution in [0.1, 0.15) is 16.2 Å². The third-order valence-corrected chi connectivity index (χ3v) is 4.62. The molecule has 1 aromatic carbocycles. The van der Waals surface area contributed by atoms with Crippen molar-refractivity contribution in [2.75, 3.05) is 6.54 Å². The number of aliphatic hydroxyl groups is 1. The Hall–Kier alpha value is -2.63. The maximum Gasteiger partial charge on any atom is 0.244 e. The first-order valence-corrected chi connectivity index (χ1v) is 8.38. The lowest BCUT2D eigenvalue weighted by Gasteiger charge is -2.24. The van der Waals surface area contributed by atoms with Gasteiger partial charge in [-0.25, -0.2) is 0 Å². The van der Waals surface area contributed by atoms with E-state index in [4.69, 9.17) is 4.42 Å². The molecule has 122 valence electrons. The number of carbonyl (C=O) groups is 1. The molecule has 1 atom stereocenters.